The summed E-state index contributed by atoms with van der Waals surface area (Å²) in [5, 5.41) is 3.18. The molecule has 0 spiro atoms. The maximum absolute atomic E-state index is 15.8. The Balaban J connectivity index is 1.62. The maximum atomic E-state index is 15.8. The van der Waals surface area contributed by atoms with Gasteiger partial charge in [0, 0.05) is 17.2 Å². The van der Waals surface area contributed by atoms with Crippen molar-refractivity contribution in [2.24, 2.45) is 5.92 Å². The third-order valence-electron chi connectivity index (χ3n) is 6.23. The van der Waals surface area contributed by atoms with Crippen molar-refractivity contribution in [1.82, 2.24) is 10.3 Å². The number of rotatable bonds is 6. The summed E-state index contributed by atoms with van der Waals surface area (Å²) in [4.78, 5) is 19.1. The quantitative estimate of drug-likeness (QED) is 0.305. The Labute approximate surface area is 203 Å². The van der Waals surface area contributed by atoms with Gasteiger partial charge in [-0.2, -0.15) is 0 Å². The summed E-state index contributed by atoms with van der Waals surface area (Å²) >= 11 is 3.41. The van der Waals surface area contributed by atoms with Crippen LogP contribution in [0.4, 0.5) is 18.9 Å². The van der Waals surface area contributed by atoms with Crippen molar-refractivity contribution >= 4 is 33.1 Å². The van der Waals surface area contributed by atoms with E-state index in [4.69, 9.17) is 0 Å². The number of nitrogens with zero attached hydrogens (tertiary/aromatic N) is 2. The van der Waals surface area contributed by atoms with E-state index in [9.17, 15) is 13.6 Å². The lowest BCUT2D eigenvalue weighted by molar-refractivity contribution is -0.116. The Kier molecular flexibility index (Phi) is 6.16. The van der Waals surface area contributed by atoms with E-state index in [0.29, 0.717) is 16.9 Å². The van der Waals surface area contributed by atoms with E-state index in [2.05, 4.69) is 26.2 Å². The predicted molar refractivity (Wildman–Crippen MR) is 128 cm³/mol. The molecule has 2 aliphatic rings. The molecule has 2 heterocycles. The SMILES string of the molecule is O=C(N[C@H](c1cccc(F)c1)C1CC1)C1=C(CBr)N(c2cccnc2)C(F)c2c(F)cccc21. The fourth-order valence-corrected chi connectivity index (χ4v) is 5.07. The maximum Gasteiger partial charge on any atom is 0.254 e. The van der Waals surface area contributed by atoms with Crippen LogP contribution in [0.15, 0.2) is 72.7 Å². The molecule has 1 aliphatic heterocycles. The Bertz CT molecular complexity index is 1260. The third kappa shape index (κ3) is 4.11. The van der Waals surface area contributed by atoms with E-state index in [0.717, 1.165) is 12.8 Å². The molecule has 3 aromatic rings. The van der Waals surface area contributed by atoms with Crippen molar-refractivity contribution in [2.75, 3.05) is 10.2 Å². The molecule has 5 rings (SSSR count). The molecule has 0 saturated heterocycles. The van der Waals surface area contributed by atoms with Gasteiger partial charge >= 0.3 is 0 Å². The van der Waals surface area contributed by atoms with Crippen molar-refractivity contribution in [2.45, 2.75) is 25.2 Å². The average molecular weight is 528 g/mol. The molecule has 174 valence electrons. The number of carbonyl (C=O) groups is 1. The molecule has 1 N–H and O–H groups in total. The smallest absolute Gasteiger partial charge is 0.254 e. The number of aromatic nitrogens is 1. The molecule has 1 saturated carbocycles. The molecule has 2 aromatic carbocycles. The highest BCUT2D eigenvalue weighted by atomic mass is 79.9. The van der Waals surface area contributed by atoms with Crippen LogP contribution in [0.2, 0.25) is 0 Å². The van der Waals surface area contributed by atoms with Crippen LogP contribution >= 0.6 is 15.9 Å². The number of carbonyl (C=O) groups excluding carboxylic acids is 1. The van der Waals surface area contributed by atoms with Crippen molar-refractivity contribution < 1.29 is 18.0 Å². The first kappa shape index (κ1) is 22.7. The van der Waals surface area contributed by atoms with E-state index in [1.807, 2.05) is 0 Å². The lowest BCUT2D eigenvalue weighted by atomic mass is 9.90. The second kappa shape index (κ2) is 9.25. The van der Waals surface area contributed by atoms with Gasteiger partial charge in [-0.15, -0.1) is 0 Å². The number of nitrogens with one attached hydrogen (secondary N) is 1. The average Bonchev–Trinajstić information content (AvgIpc) is 3.68. The molecule has 4 nitrogen and oxygen atoms in total. The number of amides is 1. The Hall–Kier alpha value is -3.13. The van der Waals surface area contributed by atoms with Crippen LogP contribution in [-0.4, -0.2) is 16.2 Å². The highest BCUT2D eigenvalue weighted by Crippen LogP contribution is 2.45. The van der Waals surface area contributed by atoms with E-state index < -0.39 is 24.1 Å². The first-order valence-corrected chi connectivity index (χ1v) is 12.1. The fraction of sp³-hybridized carbons (Fsp3) is 0.231. The topological polar surface area (TPSA) is 45.2 Å². The highest BCUT2D eigenvalue weighted by Gasteiger charge is 2.40. The van der Waals surface area contributed by atoms with Crippen molar-refractivity contribution in [3.63, 3.8) is 0 Å². The number of hydrogen-bond acceptors (Lipinski definition) is 3. The Morgan fingerprint density at radius 2 is 1.94 bits per heavy atom. The summed E-state index contributed by atoms with van der Waals surface area (Å²) in [6.45, 7) is 0. The van der Waals surface area contributed by atoms with Crippen LogP contribution in [-0.2, 0) is 4.79 Å². The molecule has 8 heteroatoms. The molecule has 0 radical (unpaired) electrons. The number of benzene rings is 2. The number of allylic oxidation sites excluding steroid dienone is 1. The number of pyridine rings is 1. The zero-order valence-corrected chi connectivity index (χ0v) is 19.6. The zero-order valence-electron chi connectivity index (χ0n) is 18.0. The molecule has 1 amide bonds. The second-order valence-corrected chi connectivity index (χ2v) is 8.98. The van der Waals surface area contributed by atoms with Gasteiger partial charge in [0.05, 0.1) is 29.1 Å². The molecular weight excluding hydrogens is 507 g/mol. The summed E-state index contributed by atoms with van der Waals surface area (Å²) in [5.74, 6) is -1.41. The monoisotopic (exact) mass is 527 g/mol. The summed E-state index contributed by atoms with van der Waals surface area (Å²) in [7, 11) is 0. The van der Waals surface area contributed by atoms with Gasteiger partial charge in [0.1, 0.15) is 11.6 Å². The van der Waals surface area contributed by atoms with Crippen LogP contribution in [0.25, 0.3) is 5.57 Å². The van der Waals surface area contributed by atoms with Gasteiger partial charge in [-0.1, -0.05) is 40.2 Å². The third-order valence-corrected chi connectivity index (χ3v) is 6.76. The summed E-state index contributed by atoms with van der Waals surface area (Å²) in [6.07, 6.45) is 3.00. The Morgan fingerprint density at radius 1 is 1.15 bits per heavy atom. The van der Waals surface area contributed by atoms with Gasteiger partial charge in [0.15, 0.2) is 0 Å². The molecule has 1 unspecified atom stereocenters. The Morgan fingerprint density at radius 3 is 2.62 bits per heavy atom. The van der Waals surface area contributed by atoms with Gasteiger partial charge in [-0.25, -0.2) is 13.2 Å². The zero-order chi connectivity index (χ0) is 23.8. The lowest BCUT2D eigenvalue weighted by Crippen LogP contribution is -2.38. The van der Waals surface area contributed by atoms with E-state index in [1.165, 1.54) is 35.4 Å². The van der Waals surface area contributed by atoms with E-state index >= 15 is 4.39 Å². The minimum Gasteiger partial charge on any atom is -0.345 e. The van der Waals surface area contributed by atoms with Crippen molar-refractivity contribution in [3.8, 4) is 0 Å². The molecule has 1 aliphatic carbocycles. The number of fused-ring (bicyclic) bond motifs is 1. The van der Waals surface area contributed by atoms with E-state index in [1.54, 1.807) is 36.5 Å². The first-order chi connectivity index (χ1) is 16.5. The fourth-order valence-electron chi connectivity index (χ4n) is 4.52. The van der Waals surface area contributed by atoms with Crippen LogP contribution in [0.3, 0.4) is 0 Å². The first-order valence-electron chi connectivity index (χ1n) is 11.0. The number of anilines is 1. The number of hydrogen-bond donors (Lipinski definition) is 1. The summed E-state index contributed by atoms with van der Waals surface area (Å²) in [6, 6.07) is 13.3. The molecule has 34 heavy (non-hydrogen) atoms. The minimum atomic E-state index is -1.84. The highest BCUT2D eigenvalue weighted by molar-refractivity contribution is 9.09. The molecule has 1 aromatic heterocycles. The van der Waals surface area contributed by atoms with Crippen molar-refractivity contribution in [3.05, 3.63) is 101 Å². The second-order valence-electron chi connectivity index (χ2n) is 8.42. The molecule has 1 fully saturated rings. The summed E-state index contributed by atoms with van der Waals surface area (Å²) < 4.78 is 44.6. The van der Waals surface area contributed by atoms with E-state index in [-0.39, 0.29) is 33.8 Å². The van der Waals surface area contributed by atoms with Gasteiger partial charge in [-0.05, 0) is 60.2 Å². The lowest BCUT2D eigenvalue weighted by Gasteiger charge is -2.37. The minimum absolute atomic E-state index is 0.148. The molecule has 2 atom stereocenters. The van der Waals surface area contributed by atoms with Crippen LogP contribution in [0, 0.1) is 17.6 Å². The standard InChI is InChI=1S/C26H21BrF3N3O/c27-13-21-23(26(34)32-24(15-9-10-15)16-4-1-5-17(28)12-16)19-7-2-8-20(29)22(19)25(30)33(21)18-6-3-11-31-14-18/h1-8,11-12,14-15,24-25H,9-10,13H2,(H,32,34)/t24-,25?/m0/s1. The molecule has 0 bridgehead atoms. The molecular formula is C26H21BrF3N3O. The summed E-state index contributed by atoms with van der Waals surface area (Å²) in [5.41, 5.74) is 1.59. The van der Waals surface area contributed by atoms with Crippen LogP contribution in [0.5, 0.6) is 0 Å². The van der Waals surface area contributed by atoms with Gasteiger partial charge in [0.25, 0.3) is 5.91 Å². The van der Waals surface area contributed by atoms with Gasteiger partial charge < -0.3 is 10.2 Å². The van der Waals surface area contributed by atoms with Gasteiger partial charge in [0.2, 0.25) is 6.30 Å². The van der Waals surface area contributed by atoms with Crippen LogP contribution in [0.1, 0.15) is 41.9 Å². The van der Waals surface area contributed by atoms with Gasteiger partial charge in [-0.3, -0.25) is 9.78 Å². The van der Waals surface area contributed by atoms with Crippen molar-refractivity contribution in [1.29, 1.82) is 0 Å². The van der Waals surface area contributed by atoms with Crippen LogP contribution < -0.4 is 10.2 Å². The number of halogens is 4. The number of alkyl halides is 2. The normalized spacial score (nSPS) is 18.5. The largest absolute Gasteiger partial charge is 0.345 e. The predicted octanol–water partition coefficient (Wildman–Crippen LogP) is 6.22.